The molecule has 0 unspecified atom stereocenters. The van der Waals surface area contributed by atoms with Crippen LogP contribution in [0, 0.1) is 6.92 Å². The molecule has 0 radical (unpaired) electrons. The number of nitrogens with one attached hydrogen (secondary N) is 3. The summed E-state index contributed by atoms with van der Waals surface area (Å²) in [5.74, 6) is -0.657. The summed E-state index contributed by atoms with van der Waals surface area (Å²) >= 11 is 0. The molecule has 2 amide bonds. The number of benzene rings is 1. The van der Waals surface area contributed by atoms with Gasteiger partial charge in [0.2, 0.25) is 0 Å². The number of nitrogens with zero attached hydrogens (tertiary/aromatic N) is 1. The van der Waals surface area contributed by atoms with Crippen LogP contribution in [0.3, 0.4) is 0 Å². The number of H-pyrrole nitrogens is 1. The van der Waals surface area contributed by atoms with Crippen molar-refractivity contribution in [1.82, 2.24) is 9.97 Å². The molecule has 0 aliphatic rings. The Hall–Kier alpha value is -3.74. The van der Waals surface area contributed by atoms with Crippen molar-refractivity contribution in [2.45, 2.75) is 33.6 Å². The molecule has 0 bridgehead atoms. The fourth-order valence-electron chi connectivity index (χ4n) is 3.42. The van der Waals surface area contributed by atoms with E-state index in [1.807, 2.05) is 6.92 Å². The molecule has 3 N–H and O–H groups in total. The quantitative estimate of drug-likeness (QED) is 0.508. The summed E-state index contributed by atoms with van der Waals surface area (Å²) in [5, 5.41) is 5.65. The number of aromatic nitrogens is 2. The van der Waals surface area contributed by atoms with Gasteiger partial charge in [-0.2, -0.15) is 0 Å². The molecule has 3 rings (SSSR count). The Bertz CT molecular complexity index is 1090. The number of pyridine rings is 1. The van der Waals surface area contributed by atoms with Crippen LogP contribution in [0.5, 0.6) is 0 Å². The zero-order valence-electron chi connectivity index (χ0n) is 17.2. The Morgan fingerprint density at radius 1 is 1.00 bits per heavy atom. The highest BCUT2D eigenvalue weighted by molar-refractivity contribution is 6.08. The lowest BCUT2D eigenvalue weighted by atomic mass is 10.0. The molecule has 0 fully saturated rings. The number of Topliss-reactive ketones (excluding diaryl/α,β-unsaturated/α-hetero) is 1. The van der Waals surface area contributed by atoms with Gasteiger partial charge in [-0.05, 0) is 56.2 Å². The van der Waals surface area contributed by atoms with E-state index >= 15 is 0 Å². The number of amides is 2. The largest absolute Gasteiger partial charge is 0.354 e. The molecule has 7 heteroatoms. The number of hydrogen-bond acceptors (Lipinski definition) is 4. The third-order valence-electron chi connectivity index (χ3n) is 4.69. The Kier molecular flexibility index (Phi) is 6.41. The first-order chi connectivity index (χ1) is 14.4. The SMILES string of the molecule is CCCc1c(C(=O)Nc2cccc(NC(=O)c3ccncc3)c2)[nH]c(C)c1C(C)=O. The fourth-order valence-corrected chi connectivity index (χ4v) is 3.42. The molecule has 0 saturated heterocycles. The van der Waals surface area contributed by atoms with Crippen LogP contribution >= 0.6 is 0 Å². The maximum Gasteiger partial charge on any atom is 0.272 e. The maximum absolute atomic E-state index is 12.9. The summed E-state index contributed by atoms with van der Waals surface area (Å²) in [6.45, 7) is 5.30. The molecular weight excluding hydrogens is 380 g/mol. The first-order valence-electron chi connectivity index (χ1n) is 9.75. The molecule has 154 valence electrons. The zero-order chi connectivity index (χ0) is 21.7. The molecule has 7 nitrogen and oxygen atoms in total. The molecule has 0 aliphatic heterocycles. The second kappa shape index (κ2) is 9.17. The molecule has 0 saturated carbocycles. The average molecular weight is 404 g/mol. The molecule has 3 aromatic rings. The number of rotatable bonds is 7. The Morgan fingerprint density at radius 2 is 1.63 bits per heavy atom. The van der Waals surface area contributed by atoms with E-state index in [1.54, 1.807) is 55.7 Å². The van der Waals surface area contributed by atoms with Gasteiger partial charge in [0.05, 0.1) is 0 Å². The molecule has 2 aromatic heterocycles. The summed E-state index contributed by atoms with van der Waals surface area (Å²) in [5.41, 5.74) is 3.98. The van der Waals surface area contributed by atoms with E-state index in [2.05, 4.69) is 20.6 Å². The number of carbonyl (C=O) groups is 3. The van der Waals surface area contributed by atoms with Crippen molar-refractivity contribution in [2.24, 2.45) is 0 Å². The predicted octanol–water partition coefficient (Wildman–Crippen LogP) is 4.38. The number of carbonyl (C=O) groups excluding carboxylic acids is 3. The topological polar surface area (TPSA) is 104 Å². The number of hydrogen-bond donors (Lipinski definition) is 3. The van der Waals surface area contributed by atoms with Crippen LogP contribution in [-0.4, -0.2) is 27.6 Å². The fraction of sp³-hybridized carbons (Fsp3) is 0.217. The van der Waals surface area contributed by atoms with Gasteiger partial charge in [0, 0.05) is 40.6 Å². The summed E-state index contributed by atoms with van der Waals surface area (Å²) in [7, 11) is 0. The third-order valence-corrected chi connectivity index (χ3v) is 4.69. The molecular formula is C23H24N4O3. The molecule has 0 aliphatic carbocycles. The van der Waals surface area contributed by atoms with E-state index in [1.165, 1.54) is 6.92 Å². The second-order valence-electron chi connectivity index (χ2n) is 7.01. The van der Waals surface area contributed by atoms with Crippen LogP contribution in [-0.2, 0) is 6.42 Å². The van der Waals surface area contributed by atoms with E-state index in [9.17, 15) is 14.4 Å². The van der Waals surface area contributed by atoms with Crippen LogP contribution in [0.2, 0.25) is 0 Å². The lowest BCUT2D eigenvalue weighted by Gasteiger charge is -2.10. The molecule has 0 spiro atoms. The van der Waals surface area contributed by atoms with Crippen molar-refractivity contribution in [1.29, 1.82) is 0 Å². The number of ketones is 1. The highest BCUT2D eigenvalue weighted by atomic mass is 16.2. The molecule has 30 heavy (non-hydrogen) atoms. The van der Waals surface area contributed by atoms with Gasteiger partial charge in [0.25, 0.3) is 11.8 Å². The van der Waals surface area contributed by atoms with Gasteiger partial charge in [-0.1, -0.05) is 19.4 Å². The molecule has 0 atom stereocenters. The van der Waals surface area contributed by atoms with Gasteiger partial charge in [-0.3, -0.25) is 19.4 Å². The Morgan fingerprint density at radius 3 is 2.23 bits per heavy atom. The smallest absolute Gasteiger partial charge is 0.272 e. The van der Waals surface area contributed by atoms with Crippen LogP contribution in [0.1, 0.15) is 62.7 Å². The molecule has 1 aromatic carbocycles. The van der Waals surface area contributed by atoms with Gasteiger partial charge < -0.3 is 15.6 Å². The normalized spacial score (nSPS) is 10.5. The minimum atomic E-state index is -0.327. The van der Waals surface area contributed by atoms with Gasteiger partial charge in [0.1, 0.15) is 5.69 Å². The van der Waals surface area contributed by atoms with Gasteiger partial charge >= 0.3 is 0 Å². The van der Waals surface area contributed by atoms with Crippen LogP contribution in [0.4, 0.5) is 11.4 Å². The van der Waals surface area contributed by atoms with Crippen molar-refractivity contribution in [3.05, 3.63) is 76.9 Å². The van der Waals surface area contributed by atoms with E-state index in [-0.39, 0.29) is 17.6 Å². The maximum atomic E-state index is 12.9. The summed E-state index contributed by atoms with van der Waals surface area (Å²) in [6.07, 6.45) is 4.54. The van der Waals surface area contributed by atoms with Crippen LogP contribution < -0.4 is 10.6 Å². The van der Waals surface area contributed by atoms with Crippen LogP contribution in [0.25, 0.3) is 0 Å². The number of anilines is 2. The van der Waals surface area contributed by atoms with E-state index in [0.29, 0.717) is 40.3 Å². The van der Waals surface area contributed by atoms with E-state index < -0.39 is 0 Å². The lowest BCUT2D eigenvalue weighted by Crippen LogP contribution is -2.16. The van der Waals surface area contributed by atoms with Crippen molar-refractivity contribution < 1.29 is 14.4 Å². The number of aryl methyl sites for hydroxylation is 1. The van der Waals surface area contributed by atoms with Crippen molar-refractivity contribution in [2.75, 3.05) is 10.6 Å². The third kappa shape index (κ3) is 4.63. The van der Waals surface area contributed by atoms with E-state index in [0.717, 1.165) is 12.0 Å². The Labute approximate surface area is 174 Å². The lowest BCUT2D eigenvalue weighted by molar-refractivity contribution is 0.101. The zero-order valence-corrected chi connectivity index (χ0v) is 17.2. The summed E-state index contributed by atoms with van der Waals surface area (Å²) in [4.78, 5) is 44.2. The summed E-state index contributed by atoms with van der Waals surface area (Å²) in [6, 6.07) is 10.1. The van der Waals surface area contributed by atoms with Gasteiger partial charge in [-0.25, -0.2) is 0 Å². The van der Waals surface area contributed by atoms with Gasteiger partial charge in [0.15, 0.2) is 5.78 Å². The van der Waals surface area contributed by atoms with Gasteiger partial charge in [-0.15, -0.1) is 0 Å². The average Bonchev–Trinajstić information content (AvgIpc) is 3.05. The monoisotopic (exact) mass is 404 g/mol. The minimum Gasteiger partial charge on any atom is -0.354 e. The first kappa shape index (κ1) is 21.0. The van der Waals surface area contributed by atoms with Crippen molar-refractivity contribution >= 4 is 29.0 Å². The molecule has 2 heterocycles. The predicted molar refractivity (Wildman–Crippen MR) is 116 cm³/mol. The first-order valence-corrected chi connectivity index (χ1v) is 9.75. The minimum absolute atomic E-state index is 0.0629. The second-order valence-corrected chi connectivity index (χ2v) is 7.01. The highest BCUT2D eigenvalue weighted by Crippen LogP contribution is 2.23. The van der Waals surface area contributed by atoms with E-state index in [4.69, 9.17) is 0 Å². The standard InChI is InChI=1S/C23H24N4O3/c1-4-6-19-20(15(3)28)14(2)25-21(19)23(30)27-18-8-5-7-17(13-18)26-22(29)16-9-11-24-12-10-16/h5,7-13,25H,4,6H2,1-3H3,(H,26,29)(H,27,30). The van der Waals surface area contributed by atoms with Crippen molar-refractivity contribution in [3.63, 3.8) is 0 Å². The number of aromatic amines is 1. The summed E-state index contributed by atoms with van der Waals surface area (Å²) < 4.78 is 0. The Balaban J connectivity index is 1.80. The van der Waals surface area contributed by atoms with Crippen LogP contribution in [0.15, 0.2) is 48.8 Å². The highest BCUT2D eigenvalue weighted by Gasteiger charge is 2.22. The van der Waals surface area contributed by atoms with Crippen molar-refractivity contribution in [3.8, 4) is 0 Å².